The number of carboxylic acid groups (broad SMARTS) is 1. The average molecular weight is 479 g/mol. The molecule has 182 valence electrons. The third-order valence-corrected chi connectivity index (χ3v) is 6.03. The average Bonchev–Trinajstić information content (AvgIpc) is 2.84. The molecule has 3 aromatic rings. The van der Waals surface area contributed by atoms with Crippen molar-refractivity contribution in [2.75, 3.05) is 30.4 Å². The van der Waals surface area contributed by atoms with Crippen LogP contribution in [0.15, 0.2) is 66.7 Å². The number of carboxylic acids is 1. The number of nitrogens with zero attached hydrogens (tertiary/aromatic N) is 1. The first-order valence-electron chi connectivity index (χ1n) is 11.2. The Morgan fingerprint density at radius 1 is 1.14 bits per heavy atom. The maximum absolute atomic E-state index is 14.2. The van der Waals surface area contributed by atoms with E-state index in [9.17, 15) is 19.1 Å². The standard InChI is InChI=1S/C27H27FN2O5/c1-27(2,26(32)33)21-14-18(10-13-22(21)28)29-25(31)17-8-11-19(12-9-17)34-16-20-15-30(3)23-6-4-5-7-24(23)35-20/h4-14,20H,15-16H2,1-3H3,(H,29,31)(H,32,33)/t20-/m0/s1. The second kappa shape index (κ2) is 9.66. The highest BCUT2D eigenvalue weighted by Crippen LogP contribution is 2.32. The lowest BCUT2D eigenvalue weighted by Gasteiger charge is -2.33. The Morgan fingerprint density at radius 2 is 1.86 bits per heavy atom. The minimum Gasteiger partial charge on any atom is -0.490 e. The molecule has 2 N–H and O–H groups in total. The van der Waals surface area contributed by atoms with Gasteiger partial charge in [-0.1, -0.05) is 12.1 Å². The Balaban J connectivity index is 1.37. The van der Waals surface area contributed by atoms with Crippen LogP contribution in [0.5, 0.6) is 11.5 Å². The summed E-state index contributed by atoms with van der Waals surface area (Å²) < 4.78 is 26.1. The molecule has 0 fully saturated rings. The molecule has 8 heteroatoms. The molecule has 0 radical (unpaired) electrons. The van der Waals surface area contributed by atoms with Gasteiger partial charge in [-0.15, -0.1) is 0 Å². The number of benzene rings is 3. The van der Waals surface area contributed by atoms with Crippen LogP contribution in [-0.4, -0.2) is 43.3 Å². The maximum Gasteiger partial charge on any atom is 0.313 e. The highest BCUT2D eigenvalue weighted by Gasteiger charge is 2.32. The van der Waals surface area contributed by atoms with E-state index < -0.39 is 23.1 Å². The zero-order valence-corrected chi connectivity index (χ0v) is 19.7. The molecule has 1 heterocycles. The number of carbonyl (C=O) groups is 2. The van der Waals surface area contributed by atoms with Gasteiger partial charge in [0.2, 0.25) is 0 Å². The number of ether oxygens (including phenoxy) is 2. The molecule has 7 nitrogen and oxygen atoms in total. The van der Waals surface area contributed by atoms with Crippen molar-refractivity contribution in [3.63, 3.8) is 0 Å². The summed E-state index contributed by atoms with van der Waals surface area (Å²) in [5.41, 5.74) is 0.273. The molecule has 0 unspecified atom stereocenters. The molecule has 1 amide bonds. The van der Waals surface area contributed by atoms with Crippen molar-refractivity contribution in [2.45, 2.75) is 25.4 Å². The van der Waals surface area contributed by atoms with Gasteiger partial charge in [-0.25, -0.2) is 4.39 Å². The van der Waals surface area contributed by atoms with E-state index in [0.29, 0.717) is 30.2 Å². The summed E-state index contributed by atoms with van der Waals surface area (Å²) in [5, 5.41) is 12.1. The fourth-order valence-corrected chi connectivity index (χ4v) is 3.87. The fraction of sp³-hybridized carbons (Fsp3) is 0.259. The molecule has 0 bridgehead atoms. The van der Waals surface area contributed by atoms with Crippen LogP contribution in [0.2, 0.25) is 0 Å². The third kappa shape index (κ3) is 5.21. The van der Waals surface area contributed by atoms with Crippen molar-refractivity contribution in [3.05, 3.63) is 83.7 Å². The molecule has 1 aliphatic heterocycles. The lowest BCUT2D eigenvalue weighted by Crippen LogP contribution is -2.41. The minimum absolute atomic E-state index is 0.00949. The van der Waals surface area contributed by atoms with Crippen LogP contribution in [0.4, 0.5) is 15.8 Å². The summed E-state index contributed by atoms with van der Waals surface area (Å²) in [6, 6.07) is 18.4. The largest absolute Gasteiger partial charge is 0.490 e. The molecule has 0 spiro atoms. The van der Waals surface area contributed by atoms with Crippen LogP contribution >= 0.6 is 0 Å². The van der Waals surface area contributed by atoms with Gasteiger partial charge in [0.1, 0.15) is 30.0 Å². The number of hydrogen-bond acceptors (Lipinski definition) is 5. The Bertz CT molecular complexity index is 1240. The van der Waals surface area contributed by atoms with Crippen LogP contribution in [0.25, 0.3) is 0 Å². The van der Waals surface area contributed by atoms with Gasteiger partial charge >= 0.3 is 5.97 Å². The smallest absolute Gasteiger partial charge is 0.313 e. The van der Waals surface area contributed by atoms with Crippen molar-refractivity contribution >= 4 is 23.3 Å². The van der Waals surface area contributed by atoms with Gasteiger partial charge in [0.25, 0.3) is 5.91 Å². The Labute approximate surface area is 203 Å². The first-order chi connectivity index (χ1) is 16.6. The van der Waals surface area contributed by atoms with Gasteiger partial charge in [-0.3, -0.25) is 9.59 Å². The summed E-state index contributed by atoms with van der Waals surface area (Å²) in [7, 11) is 2.01. The summed E-state index contributed by atoms with van der Waals surface area (Å²) in [6.45, 7) is 3.86. The van der Waals surface area contributed by atoms with E-state index in [1.165, 1.54) is 26.0 Å². The highest BCUT2D eigenvalue weighted by molar-refractivity contribution is 6.04. The zero-order valence-electron chi connectivity index (χ0n) is 19.7. The Morgan fingerprint density at radius 3 is 2.57 bits per heavy atom. The van der Waals surface area contributed by atoms with Crippen molar-refractivity contribution in [3.8, 4) is 11.5 Å². The van der Waals surface area contributed by atoms with Crippen molar-refractivity contribution in [2.24, 2.45) is 0 Å². The van der Waals surface area contributed by atoms with Gasteiger partial charge < -0.3 is 24.8 Å². The SMILES string of the molecule is CN1C[C@@H](COc2ccc(C(=O)Nc3ccc(F)c(C(C)(C)C(=O)O)c3)cc2)Oc2ccccc21. The number of fused-ring (bicyclic) bond motifs is 1. The second-order valence-electron chi connectivity index (χ2n) is 9.00. The normalized spacial score (nSPS) is 15.1. The third-order valence-electron chi connectivity index (χ3n) is 6.03. The predicted octanol–water partition coefficient (Wildman–Crippen LogP) is 4.72. The number of carbonyl (C=O) groups excluding carboxylic acids is 1. The quantitative estimate of drug-likeness (QED) is 0.511. The molecule has 0 saturated carbocycles. The number of rotatable bonds is 7. The molecular formula is C27H27FN2O5. The van der Waals surface area contributed by atoms with Crippen molar-refractivity contribution in [1.82, 2.24) is 0 Å². The summed E-state index contributed by atoms with van der Waals surface area (Å²) in [4.78, 5) is 26.3. The minimum atomic E-state index is -1.44. The first-order valence-corrected chi connectivity index (χ1v) is 11.2. The van der Waals surface area contributed by atoms with Gasteiger partial charge in [0.05, 0.1) is 17.6 Å². The number of nitrogens with one attached hydrogen (secondary N) is 1. The predicted molar refractivity (Wildman–Crippen MR) is 131 cm³/mol. The molecule has 0 aromatic heterocycles. The van der Waals surface area contributed by atoms with Crippen LogP contribution < -0.4 is 19.7 Å². The molecule has 0 aliphatic carbocycles. The molecule has 1 atom stereocenters. The number of aliphatic carboxylic acids is 1. The van der Waals surface area contributed by atoms with Crippen molar-refractivity contribution < 1.29 is 28.6 Å². The Kier molecular flexibility index (Phi) is 6.64. The maximum atomic E-state index is 14.2. The van der Waals surface area contributed by atoms with Gasteiger partial charge in [0, 0.05) is 23.9 Å². The first kappa shape index (κ1) is 24.1. The lowest BCUT2D eigenvalue weighted by molar-refractivity contribution is -0.142. The summed E-state index contributed by atoms with van der Waals surface area (Å²) >= 11 is 0. The molecule has 1 aliphatic rings. The van der Waals surface area contributed by atoms with E-state index in [0.717, 1.165) is 17.5 Å². The van der Waals surface area contributed by atoms with Crippen LogP contribution in [0.3, 0.4) is 0 Å². The van der Waals surface area contributed by atoms with E-state index >= 15 is 0 Å². The monoisotopic (exact) mass is 478 g/mol. The topological polar surface area (TPSA) is 88.1 Å². The Hall–Kier alpha value is -4.07. The molecule has 3 aromatic carbocycles. The lowest BCUT2D eigenvalue weighted by atomic mass is 9.84. The summed E-state index contributed by atoms with van der Waals surface area (Å²) in [6.07, 6.45) is -0.138. The number of amides is 1. The molecular weight excluding hydrogens is 451 g/mol. The van der Waals surface area contributed by atoms with E-state index in [1.807, 2.05) is 31.3 Å². The zero-order chi connectivity index (χ0) is 25.2. The fourth-order valence-electron chi connectivity index (χ4n) is 3.87. The number of halogens is 1. The second-order valence-corrected chi connectivity index (χ2v) is 9.00. The molecule has 4 rings (SSSR count). The van der Waals surface area contributed by atoms with E-state index in [-0.39, 0.29) is 11.7 Å². The number of likely N-dealkylation sites (N-methyl/N-ethyl adjacent to an activating group) is 1. The number of hydrogen-bond donors (Lipinski definition) is 2. The van der Waals surface area contributed by atoms with E-state index in [2.05, 4.69) is 10.2 Å². The summed E-state index contributed by atoms with van der Waals surface area (Å²) in [5.74, 6) is -0.800. The van der Waals surface area contributed by atoms with E-state index in [1.54, 1.807) is 24.3 Å². The van der Waals surface area contributed by atoms with Gasteiger partial charge in [-0.05, 0) is 68.4 Å². The van der Waals surface area contributed by atoms with Crippen LogP contribution in [0.1, 0.15) is 29.8 Å². The molecule has 35 heavy (non-hydrogen) atoms. The van der Waals surface area contributed by atoms with Crippen LogP contribution in [0, 0.1) is 5.82 Å². The highest BCUT2D eigenvalue weighted by atomic mass is 19.1. The number of para-hydroxylation sites is 2. The number of anilines is 2. The van der Waals surface area contributed by atoms with E-state index in [4.69, 9.17) is 9.47 Å². The van der Waals surface area contributed by atoms with Crippen molar-refractivity contribution in [1.29, 1.82) is 0 Å². The molecule has 0 saturated heterocycles. The van der Waals surface area contributed by atoms with Crippen LogP contribution in [-0.2, 0) is 10.2 Å². The van der Waals surface area contributed by atoms with Gasteiger partial charge in [-0.2, -0.15) is 0 Å². The van der Waals surface area contributed by atoms with Gasteiger partial charge in [0.15, 0.2) is 0 Å².